The summed E-state index contributed by atoms with van der Waals surface area (Å²) >= 11 is 11.2. The summed E-state index contributed by atoms with van der Waals surface area (Å²) in [4.78, 5) is 12.2. The number of carbonyl (C=O) groups is 1. The molecule has 0 aliphatic rings. The quantitative estimate of drug-likeness (QED) is 0.607. The van der Waals surface area contributed by atoms with E-state index >= 15 is 0 Å². The number of para-hydroxylation sites is 1. The van der Waals surface area contributed by atoms with Crippen LogP contribution in [0.25, 0.3) is 0 Å². The number of benzene rings is 2. The first-order chi connectivity index (χ1) is 11.6. The second-order valence-corrected chi connectivity index (χ2v) is 5.57. The van der Waals surface area contributed by atoms with E-state index in [0.29, 0.717) is 35.2 Å². The lowest BCUT2D eigenvalue weighted by Gasteiger charge is -2.11. The second-order valence-electron chi connectivity index (χ2n) is 4.75. The monoisotopic (exact) mass is 364 g/mol. The number of anilines is 1. The van der Waals surface area contributed by atoms with Gasteiger partial charge in [-0.05, 0) is 48.6 Å². The van der Waals surface area contributed by atoms with E-state index in [-0.39, 0.29) is 11.0 Å². The number of rotatable bonds is 6. The summed E-state index contributed by atoms with van der Waals surface area (Å²) in [7, 11) is 1.61. The van der Waals surface area contributed by atoms with E-state index in [0.717, 1.165) is 0 Å². The maximum atomic E-state index is 12.2. The van der Waals surface area contributed by atoms with Crippen molar-refractivity contribution in [2.45, 2.75) is 0 Å². The van der Waals surface area contributed by atoms with Gasteiger partial charge in [-0.1, -0.05) is 23.7 Å². The Balaban J connectivity index is 1.89. The Morgan fingerprint density at radius 3 is 2.50 bits per heavy atom. The molecule has 0 saturated heterocycles. The molecule has 126 valence electrons. The van der Waals surface area contributed by atoms with Crippen molar-refractivity contribution in [3.05, 3.63) is 59.1 Å². The lowest BCUT2D eigenvalue weighted by molar-refractivity contribution is 0.0977. The molecule has 5 nitrogen and oxygen atoms in total. The van der Waals surface area contributed by atoms with Gasteiger partial charge in [-0.25, -0.2) is 0 Å². The van der Waals surface area contributed by atoms with Crippen molar-refractivity contribution in [1.82, 2.24) is 5.32 Å². The molecule has 2 aromatic rings. The van der Waals surface area contributed by atoms with Crippen molar-refractivity contribution >= 4 is 40.5 Å². The highest BCUT2D eigenvalue weighted by Crippen LogP contribution is 2.20. The van der Waals surface area contributed by atoms with Gasteiger partial charge in [0.1, 0.15) is 12.4 Å². The third-order valence-electron chi connectivity index (χ3n) is 3.02. The maximum Gasteiger partial charge on any atom is 0.257 e. The molecule has 0 unspecified atom stereocenters. The fourth-order valence-corrected chi connectivity index (χ4v) is 2.22. The van der Waals surface area contributed by atoms with Gasteiger partial charge < -0.3 is 14.8 Å². The van der Waals surface area contributed by atoms with Crippen LogP contribution in [0.15, 0.2) is 48.5 Å². The molecule has 0 aliphatic carbocycles. The summed E-state index contributed by atoms with van der Waals surface area (Å²) in [6, 6.07) is 13.9. The number of thiocarbonyl (C=S) groups is 1. The van der Waals surface area contributed by atoms with Crippen molar-refractivity contribution in [3.63, 3.8) is 0 Å². The molecule has 0 aromatic heterocycles. The van der Waals surface area contributed by atoms with Gasteiger partial charge in [0.15, 0.2) is 5.11 Å². The van der Waals surface area contributed by atoms with Crippen LogP contribution in [0.2, 0.25) is 5.02 Å². The molecule has 0 radical (unpaired) electrons. The summed E-state index contributed by atoms with van der Waals surface area (Å²) in [6.45, 7) is 0.956. The van der Waals surface area contributed by atoms with Crippen LogP contribution in [0, 0.1) is 0 Å². The number of halogens is 1. The fraction of sp³-hybridized carbons (Fsp3) is 0.176. The van der Waals surface area contributed by atoms with Crippen LogP contribution < -0.4 is 15.4 Å². The minimum absolute atomic E-state index is 0.175. The molecule has 0 saturated carbocycles. The topological polar surface area (TPSA) is 59.6 Å². The first-order valence-corrected chi connectivity index (χ1v) is 7.97. The number of nitrogens with one attached hydrogen (secondary N) is 2. The Bertz CT molecular complexity index is 707. The molecule has 2 aromatic carbocycles. The summed E-state index contributed by atoms with van der Waals surface area (Å²) in [5, 5.41) is 6.19. The molecule has 1 amide bonds. The van der Waals surface area contributed by atoms with Crippen LogP contribution >= 0.6 is 23.8 Å². The zero-order valence-electron chi connectivity index (χ0n) is 13.0. The van der Waals surface area contributed by atoms with Crippen LogP contribution in [0.3, 0.4) is 0 Å². The normalized spacial score (nSPS) is 10.1. The van der Waals surface area contributed by atoms with E-state index in [1.807, 2.05) is 12.1 Å². The Labute approximate surface area is 150 Å². The van der Waals surface area contributed by atoms with Gasteiger partial charge >= 0.3 is 0 Å². The number of hydrogen-bond donors (Lipinski definition) is 2. The smallest absolute Gasteiger partial charge is 0.257 e. The van der Waals surface area contributed by atoms with Crippen LogP contribution in [0.5, 0.6) is 5.75 Å². The predicted molar refractivity (Wildman–Crippen MR) is 99.0 cm³/mol. The van der Waals surface area contributed by atoms with E-state index in [9.17, 15) is 4.79 Å². The van der Waals surface area contributed by atoms with Gasteiger partial charge in [-0.15, -0.1) is 0 Å². The molecular formula is C17H17ClN2O3S. The first-order valence-electron chi connectivity index (χ1n) is 7.19. The Morgan fingerprint density at radius 2 is 1.83 bits per heavy atom. The summed E-state index contributed by atoms with van der Waals surface area (Å²) in [5.41, 5.74) is 1.10. The summed E-state index contributed by atoms with van der Waals surface area (Å²) in [5.74, 6) is 0.350. The van der Waals surface area contributed by atoms with E-state index < -0.39 is 0 Å². The molecule has 0 bridgehead atoms. The van der Waals surface area contributed by atoms with Crippen molar-refractivity contribution in [3.8, 4) is 5.75 Å². The van der Waals surface area contributed by atoms with Crippen LogP contribution in [0.1, 0.15) is 10.4 Å². The molecule has 0 atom stereocenters. The number of ether oxygens (including phenoxy) is 2. The van der Waals surface area contributed by atoms with Crippen LogP contribution in [0.4, 0.5) is 5.69 Å². The van der Waals surface area contributed by atoms with E-state index in [1.165, 1.54) is 0 Å². The average Bonchev–Trinajstić information content (AvgIpc) is 2.58. The van der Waals surface area contributed by atoms with Crippen molar-refractivity contribution < 1.29 is 14.3 Å². The molecule has 0 spiro atoms. The van der Waals surface area contributed by atoms with Crippen molar-refractivity contribution in [1.29, 1.82) is 0 Å². The fourth-order valence-electron chi connectivity index (χ4n) is 1.84. The van der Waals surface area contributed by atoms with E-state index in [2.05, 4.69) is 10.6 Å². The lowest BCUT2D eigenvalue weighted by atomic mass is 10.2. The highest BCUT2D eigenvalue weighted by molar-refractivity contribution is 7.80. The Kier molecular flexibility index (Phi) is 6.99. The van der Waals surface area contributed by atoms with Crippen LogP contribution in [-0.2, 0) is 4.74 Å². The number of carbonyl (C=O) groups excluding carboxylic acids is 1. The van der Waals surface area contributed by atoms with Crippen molar-refractivity contribution in [2.75, 3.05) is 25.6 Å². The zero-order valence-corrected chi connectivity index (χ0v) is 14.6. The largest absolute Gasteiger partial charge is 0.491 e. The highest BCUT2D eigenvalue weighted by Gasteiger charge is 2.09. The Hall–Kier alpha value is -2.15. The van der Waals surface area contributed by atoms with Crippen molar-refractivity contribution in [2.24, 2.45) is 0 Å². The molecule has 2 N–H and O–H groups in total. The van der Waals surface area contributed by atoms with Gasteiger partial charge in [0.05, 0.1) is 17.3 Å². The van der Waals surface area contributed by atoms with E-state index in [1.54, 1.807) is 43.5 Å². The van der Waals surface area contributed by atoms with E-state index in [4.69, 9.17) is 33.3 Å². The van der Waals surface area contributed by atoms with Gasteiger partial charge in [0.2, 0.25) is 0 Å². The average molecular weight is 365 g/mol. The molecule has 0 heterocycles. The lowest BCUT2D eigenvalue weighted by Crippen LogP contribution is -2.34. The minimum atomic E-state index is -0.317. The molecular weight excluding hydrogens is 348 g/mol. The predicted octanol–water partition coefficient (Wildman–Crippen LogP) is 3.49. The summed E-state index contributed by atoms with van der Waals surface area (Å²) < 4.78 is 10.4. The third kappa shape index (κ3) is 5.49. The standard InChI is InChI=1S/C17H17ClN2O3S/c1-22-10-11-23-13-8-6-12(7-9-13)16(21)20-17(24)19-15-5-3-2-4-14(15)18/h2-9H,10-11H2,1H3,(H2,19,20,21,24). The number of methoxy groups -OCH3 is 1. The molecule has 24 heavy (non-hydrogen) atoms. The second kappa shape index (κ2) is 9.22. The first kappa shape index (κ1) is 18.2. The molecule has 0 aliphatic heterocycles. The highest BCUT2D eigenvalue weighted by atomic mass is 35.5. The zero-order chi connectivity index (χ0) is 17.4. The Morgan fingerprint density at radius 1 is 1.12 bits per heavy atom. The van der Waals surface area contributed by atoms with Gasteiger partial charge in [0.25, 0.3) is 5.91 Å². The number of hydrogen-bond acceptors (Lipinski definition) is 4. The molecule has 0 fully saturated rings. The van der Waals surface area contributed by atoms with Gasteiger partial charge in [-0.2, -0.15) is 0 Å². The minimum Gasteiger partial charge on any atom is -0.491 e. The van der Waals surface area contributed by atoms with Crippen LogP contribution in [-0.4, -0.2) is 31.3 Å². The van der Waals surface area contributed by atoms with Gasteiger partial charge in [-0.3, -0.25) is 10.1 Å². The third-order valence-corrected chi connectivity index (χ3v) is 3.56. The summed E-state index contributed by atoms with van der Waals surface area (Å²) in [6.07, 6.45) is 0. The SMILES string of the molecule is COCCOc1ccc(C(=O)NC(=S)Nc2ccccc2Cl)cc1. The number of amides is 1. The maximum absolute atomic E-state index is 12.2. The molecule has 2 rings (SSSR count). The van der Waals surface area contributed by atoms with Gasteiger partial charge in [0, 0.05) is 12.7 Å². The molecule has 7 heteroatoms.